The van der Waals surface area contributed by atoms with Crippen LogP contribution in [0.25, 0.3) is 0 Å². The highest BCUT2D eigenvalue weighted by molar-refractivity contribution is 6.61. The number of ether oxygens (including phenoxy) is 9. The van der Waals surface area contributed by atoms with Gasteiger partial charge in [0.1, 0.15) is 0 Å². The van der Waals surface area contributed by atoms with Crippen LogP contribution in [0.2, 0.25) is 12.1 Å². The smallest absolute Gasteiger partial charge is 0.481 e. The van der Waals surface area contributed by atoms with Crippen LogP contribution in [-0.4, -0.2) is 212 Å². The normalized spacial score (nSPS) is 12.9. The summed E-state index contributed by atoms with van der Waals surface area (Å²) in [5, 5.41) is 10.2. The first-order chi connectivity index (χ1) is 29.3. The van der Waals surface area contributed by atoms with Crippen molar-refractivity contribution in [2.45, 2.75) is 72.9 Å². The van der Waals surface area contributed by atoms with Crippen molar-refractivity contribution in [1.29, 1.82) is 0 Å². The summed E-state index contributed by atoms with van der Waals surface area (Å²) in [5.74, 6) is -1.46. The predicted molar refractivity (Wildman–Crippen MR) is 231 cm³/mol. The van der Waals surface area contributed by atoms with E-state index in [4.69, 9.17) is 69.2 Å². The third kappa shape index (κ3) is 33.8. The Labute approximate surface area is 364 Å². The second-order valence-corrected chi connectivity index (χ2v) is 18.7. The van der Waals surface area contributed by atoms with Gasteiger partial charge in [0.15, 0.2) is 0 Å². The molecule has 360 valence electrons. The van der Waals surface area contributed by atoms with Crippen LogP contribution in [0.5, 0.6) is 0 Å². The standard InChI is InChI=1S/C40H85NO17Si2/c1-8-53-59(54-9-2,55-10-3)36-14-17-41(18-15-37-60(56-11-4,57-12-5)58-13-6)38-39(40(42)43)16-19-45-22-23-47-26-27-49-30-31-51-34-35-52-33-32-50-29-28-48-25-24-46-21-20-44-7/h39H,8-38H2,1-7H3,(H,42,43). The van der Waals surface area contributed by atoms with Gasteiger partial charge >= 0.3 is 23.6 Å². The first-order valence-corrected chi connectivity index (χ1v) is 26.1. The number of methoxy groups -OCH3 is 1. The Bertz CT molecular complexity index is 854. The molecule has 1 atom stereocenters. The molecule has 0 fully saturated rings. The SMILES string of the molecule is CCO[Si](CCCN(CCC[Si](OCC)(OCC)OCC)CC(CCOCCOCCOCCOCCOCCOCCOCCOCCOC)C(=O)O)(OCC)OCC. The van der Waals surface area contributed by atoms with Gasteiger partial charge in [-0.3, -0.25) is 4.79 Å². The van der Waals surface area contributed by atoms with E-state index < -0.39 is 29.5 Å². The van der Waals surface area contributed by atoms with Crippen molar-refractivity contribution in [3.05, 3.63) is 0 Å². The fraction of sp³-hybridized carbons (Fsp3) is 0.975. The number of hydrogen-bond acceptors (Lipinski definition) is 17. The zero-order chi connectivity index (χ0) is 44.3. The maximum atomic E-state index is 12.4. The number of aliphatic carboxylic acids is 1. The van der Waals surface area contributed by atoms with Gasteiger partial charge in [-0.05, 0) is 73.9 Å². The number of carbonyl (C=O) groups is 1. The minimum absolute atomic E-state index is 0.310. The Kier molecular flexibility index (Phi) is 43.0. The number of nitrogens with zero attached hydrogens (tertiary/aromatic N) is 1. The van der Waals surface area contributed by atoms with Gasteiger partial charge in [-0.1, -0.05) is 0 Å². The molecule has 0 bridgehead atoms. The van der Waals surface area contributed by atoms with Crippen molar-refractivity contribution in [2.75, 3.05) is 179 Å². The van der Waals surface area contributed by atoms with E-state index in [9.17, 15) is 9.90 Å². The van der Waals surface area contributed by atoms with Crippen LogP contribution in [0.1, 0.15) is 60.8 Å². The first kappa shape index (κ1) is 59.3. The lowest BCUT2D eigenvalue weighted by Gasteiger charge is -2.31. The second-order valence-electron chi connectivity index (χ2n) is 13.2. The zero-order valence-electron chi connectivity index (χ0n) is 38.4. The van der Waals surface area contributed by atoms with E-state index >= 15 is 0 Å². The highest BCUT2D eigenvalue weighted by Crippen LogP contribution is 2.22. The molecule has 0 saturated heterocycles. The fourth-order valence-electron chi connectivity index (χ4n) is 5.95. The van der Waals surface area contributed by atoms with Crippen LogP contribution >= 0.6 is 0 Å². The molecule has 0 aromatic heterocycles. The molecular weight excluding hydrogens is 823 g/mol. The van der Waals surface area contributed by atoms with E-state index in [0.717, 1.165) is 12.8 Å². The molecule has 0 amide bonds. The molecule has 0 rings (SSSR count). The van der Waals surface area contributed by atoms with E-state index in [2.05, 4.69) is 4.90 Å². The summed E-state index contributed by atoms with van der Waals surface area (Å²) in [5.41, 5.74) is 0. The molecule has 0 saturated carbocycles. The monoisotopic (exact) mass is 908 g/mol. The number of hydrogen-bond donors (Lipinski definition) is 1. The van der Waals surface area contributed by atoms with Gasteiger partial charge < -0.3 is 79.2 Å². The minimum Gasteiger partial charge on any atom is -0.481 e. The number of carboxylic acids is 1. The molecular formula is C40H85NO17Si2. The van der Waals surface area contributed by atoms with E-state index in [1.165, 1.54) is 0 Å². The lowest BCUT2D eigenvalue weighted by Crippen LogP contribution is -2.47. The Hall–Kier alpha value is -0.736. The molecule has 60 heavy (non-hydrogen) atoms. The Morgan fingerprint density at radius 3 is 0.967 bits per heavy atom. The van der Waals surface area contributed by atoms with Gasteiger partial charge in [0.05, 0.1) is 112 Å². The van der Waals surface area contributed by atoms with Gasteiger partial charge in [0.2, 0.25) is 0 Å². The number of rotatable bonds is 50. The summed E-state index contributed by atoms with van der Waals surface area (Å²) in [4.78, 5) is 14.6. The summed E-state index contributed by atoms with van der Waals surface area (Å²) in [6, 6.07) is 1.29. The summed E-state index contributed by atoms with van der Waals surface area (Å²) in [6.45, 7) is 24.4. The fourth-order valence-corrected chi connectivity index (χ4v) is 11.1. The van der Waals surface area contributed by atoms with E-state index in [1.54, 1.807) is 7.11 Å². The average Bonchev–Trinajstić information content (AvgIpc) is 3.22. The van der Waals surface area contributed by atoms with Crippen molar-refractivity contribution in [1.82, 2.24) is 4.90 Å². The van der Waals surface area contributed by atoms with Crippen molar-refractivity contribution in [3.63, 3.8) is 0 Å². The third-order valence-electron chi connectivity index (χ3n) is 8.57. The van der Waals surface area contributed by atoms with Crippen LogP contribution in [0.4, 0.5) is 0 Å². The van der Waals surface area contributed by atoms with Crippen molar-refractivity contribution in [3.8, 4) is 0 Å². The maximum Gasteiger partial charge on any atom is 0.500 e. The summed E-state index contributed by atoms with van der Waals surface area (Å²) in [7, 11) is -4.03. The van der Waals surface area contributed by atoms with Gasteiger partial charge in [-0.2, -0.15) is 0 Å². The molecule has 18 nitrogen and oxygen atoms in total. The van der Waals surface area contributed by atoms with Crippen molar-refractivity contribution in [2.24, 2.45) is 5.92 Å². The van der Waals surface area contributed by atoms with Gasteiger partial charge in [0, 0.05) is 72.0 Å². The summed E-state index contributed by atoms with van der Waals surface area (Å²) in [6.07, 6.45) is 1.86. The van der Waals surface area contributed by atoms with Crippen molar-refractivity contribution < 1.29 is 79.1 Å². The molecule has 1 N–H and O–H groups in total. The van der Waals surface area contributed by atoms with Crippen LogP contribution in [-0.2, 0) is 74.0 Å². The quantitative estimate of drug-likeness (QED) is 0.0683. The van der Waals surface area contributed by atoms with E-state index in [-0.39, 0.29) is 0 Å². The zero-order valence-corrected chi connectivity index (χ0v) is 40.4. The summed E-state index contributed by atoms with van der Waals surface area (Å²) >= 11 is 0. The van der Waals surface area contributed by atoms with Crippen LogP contribution in [0.3, 0.4) is 0 Å². The minimum atomic E-state index is -2.84. The first-order valence-electron chi connectivity index (χ1n) is 22.2. The second kappa shape index (κ2) is 43.5. The molecule has 0 aliphatic carbocycles. The van der Waals surface area contributed by atoms with Crippen LogP contribution in [0, 0.1) is 5.92 Å². The Morgan fingerprint density at radius 2 is 0.717 bits per heavy atom. The van der Waals surface area contributed by atoms with Gasteiger partial charge in [-0.25, -0.2) is 0 Å². The third-order valence-corrected chi connectivity index (χ3v) is 14.9. The largest absolute Gasteiger partial charge is 0.500 e. The molecule has 0 aromatic carbocycles. The Morgan fingerprint density at radius 1 is 0.450 bits per heavy atom. The van der Waals surface area contributed by atoms with Crippen LogP contribution < -0.4 is 0 Å². The van der Waals surface area contributed by atoms with E-state index in [1.807, 2.05) is 41.5 Å². The average molecular weight is 908 g/mol. The van der Waals surface area contributed by atoms with Crippen LogP contribution in [0.15, 0.2) is 0 Å². The molecule has 0 radical (unpaired) electrons. The predicted octanol–water partition coefficient (Wildman–Crippen LogP) is 4.04. The molecule has 0 spiro atoms. The molecule has 0 aliphatic heterocycles. The maximum absolute atomic E-state index is 12.4. The molecule has 0 heterocycles. The Balaban J connectivity index is 4.44. The molecule has 1 unspecified atom stereocenters. The highest BCUT2D eigenvalue weighted by atomic mass is 28.4. The number of carboxylic acid groups (broad SMARTS) is 1. The molecule has 0 aliphatic rings. The van der Waals surface area contributed by atoms with E-state index in [0.29, 0.717) is 190 Å². The lowest BCUT2D eigenvalue weighted by molar-refractivity contribution is -0.143. The van der Waals surface area contributed by atoms with Gasteiger partial charge in [-0.15, -0.1) is 0 Å². The molecule has 20 heteroatoms. The lowest BCUT2D eigenvalue weighted by atomic mass is 10.1. The topological polar surface area (TPSA) is 179 Å². The van der Waals surface area contributed by atoms with Gasteiger partial charge in [0.25, 0.3) is 0 Å². The molecule has 0 aromatic rings. The summed E-state index contributed by atoms with van der Waals surface area (Å²) < 4.78 is 85.5. The highest BCUT2D eigenvalue weighted by Gasteiger charge is 2.41. The van der Waals surface area contributed by atoms with Crippen molar-refractivity contribution >= 4 is 23.6 Å².